The van der Waals surface area contributed by atoms with Crippen molar-refractivity contribution in [2.75, 3.05) is 10.2 Å². The van der Waals surface area contributed by atoms with E-state index in [-0.39, 0.29) is 16.6 Å². The quantitative estimate of drug-likeness (QED) is 0.278. The first kappa shape index (κ1) is 23.3. The highest BCUT2D eigenvalue weighted by Crippen LogP contribution is 2.31. The normalized spacial score (nSPS) is 13.6. The van der Waals surface area contributed by atoms with E-state index in [4.69, 9.17) is 16.3 Å². The van der Waals surface area contributed by atoms with Gasteiger partial charge >= 0.3 is 5.97 Å². The maximum atomic E-state index is 12.9. The lowest BCUT2D eigenvalue weighted by Crippen LogP contribution is -2.32. The first-order valence-corrected chi connectivity index (χ1v) is 11.2. The summed E-state index contributed by atoms with van der Waals surface area (Å²) in [7, 11) is 0. The number of aryl methyl sites for hydroxylation is 1. The predicted octanol–water partition coefficient (Wildman–Crippen LogP) is 5.77. The summed E-state index contributed by atoms with van der Waals surface area (Å²) >= 11 is 6.20. The molecule has 0 spiro atoms. The van der Waals surface area contributed by atoms with E-state index in [1.165, 1.54) is 0 Å². The van der Waals surface area contributed by atoms with Gasteiger partial charge in [0.25, 0.3) is 11.8 Å². The summed E-state index contributed by atoms with van der Waals surface area (Å²) < 4.78 is 5.59. The Morgan fingerprint density at radius 2 is 1.65 bits per heavy atom. The van der Waals surface area contributed by atoms with Gasteiger partial charge in [-0.15, -0.1) is 0 Å². The van der Waals surface area contributed by atoms with Gasteiger partial charge in [-0.1, -0.05) is 55.8 Å². The van der Waals surface area contributed by atoms with E-state index in [2.05, 4.69) is 5.32 Å². The molecule has 4 rings (SSSR count). The highest BCUT2D eigenvalue weighted by atomic mass is 35.5. The number of carbonyl (C=O) groups is 3. The predicted molar refractivity (Wildman–Crippen MR) is 132 cm³/mol. The number of ether oxygens (including phenoxy) is 1. The number of anilines is 2. The smallest absolute Gasteiger partial charge is 0.343 e. The second-order valence-corrected chi connectivity index (χ2v) is 8.64. The van der Waals surface area contributed by atoms with Crippen LogP contribution in [0.15, 0.2) is 83.5 Å². The van der Waals surface area contributed by atoms with Crippen LogP contribution in [0.1, 0.15) is 41.3 Å². The van der Waals surface area contributed by atoms with Crippen LogP contribution in [0.5, 0.6) is 5.75 Å². The third-order valence-electron chi connectivity index (χ3n) is 5.42. The van der Waals surface area contributed by atoms with Gasteiger partial charge in [-0.05, 0) is 66.4 Å². The molecule has 0 unspecified atom stereocenters. The van der Waals surface area contributed by atoms with E-state index in [0.717, 1.165) is 16.0 Å². The van der Waals surface area contributed by atoms with E-state index in [1.54, 1.807) is 48.5 Å². The van der Waals surface area contributed by atoms with E-state index < -0.39 is 17.8 Å². The minimum atomic E-state index is -0.594. The first-order valence-electron chi connectivity index (χ1n) is 10.8. The Labute approximate surface area is 202 Å². The molecule has 0 saturated carbocycles. The summed E-state index contributed by atoms with van der Waals surface area (Å²) in [6, 6.07) is 20.9. The second-order valence-electron chi connectivity index (χ2n) is 8.26. The molecule has 3 aromatic carbocycles. The molecule has 34 heavy (non-hydrogen) atoms. The fourth-order valence-electron chi connectivity index (χ4n) is 3.66. The fraction of sp³-hybridized carbons (Fsp3) is 0.148. The molecular weight excluding hydrogens is 452 g/mol. The van der Waals surface area contributed by atoms with Crippen molar-refractivity contribution in [1.29, 1.82) is 0 Å². The number of hydrogen-bond donors (Lipinski definition) is 1. The number of rotatable bonds is 6. The number of carbonyl (C=O) groups excluding carboxylic acids is 3. The summed E-state index contributed by atoms with van der Waals surface area (Å²) in [4.78, 5) is 39.2. The summed E-state index contributed by atoms with van der Waals surface area (Å²) in [6.07, 6.45) is 0. The molecule has 2 amide bonds. The van der Waals surface area contributed by atoms with E-state index in [1.807, 2.05) is 45.0 Å². The standard InChI is InChI=1S/C27H23ClN2O4/c1-16(2)21-9-4-5-10-22(21)34-27(33)18-11-13-19(14-12-18)29-24-23(28)25(31)30(26(24)32)20-8-6-7-17(3)15-20/h4-16,29H,1-3H3. The molecule has 0 radical (unpaired) electrons. The van der Waals surface area contributed by atoms with E-state index >= 15 is 0 Å². The summed E-state index contributed by atoms with van der Waals surface area (Å²) in [6.45, 7) is 5.93. The van der Waals surface area contributed by atoms with Gasteiger partial charge in [0.1, 0.15) is 16.5 Å². The van der Waals surface area contributed by atoms with Crippen LogP contribution < -0.4 is 15.0 Å². The second kappa shape index (κ2) is 9.53. The Kier molecular flexibility index (Phi) is 6.52. The van der Waals surface area contributed by atoms with Crippen molar-refractivity contribution in [2.45, 2.75) is 26.7 Å². The third kappa shape index (κ3) is 4.58. The average Bonchev–Trinajstić information content (AvgIpc) is 3.02. The number of para-hydroxylation sites is 1. The van der Waals surface area contributed by atoms with Crippen LogP contribution in [0.2, 0.25) is 0 Å². The van der Waals surface area contributed by atoms with Crippen LogP contribution >= 0.6 is 11.6 Å². The van der Waals surface area contributed by atoms with Crippen LogP contribution in [0, 0.1) is 6.92 Å². The number of halogens is 1. The minimum Gasteiger partial charge on any atom is -0.423 e. The van der Waals surface area contributed by atoms with Crippen molar-refractivity contribution in [2.24, 2.45) is 0 Å². The molecule has 0 saturated heterocycles. The summed E-state index contributed by atoms with van der Waals surface area (Å²) in [5, 5.41) is 2.71. The summed E-state index contributed by atoms with van der Waals surface area (Å²) in [5.41, 5.74) is 3.13. The van der Waals surface area contributed by atoms with Crippen LogP contribution in [-0.2, 0) is 9.59 Å². The molecule has 1 aliphatic rings. The molecule has 1 aliphatic heterocycles. The van der Waals surface area contributed by atoms with Crippen LogP contribution in [0.25, 0.3) is 0 Å². The number of esters is 1. The van der Waals surface area contributed by atoms with Crippen molar-refractivity contribution in [1.82, 2.24) is 0 Å². The Morgan fingerprint density at radius 3 is 2.32 bits per heavy atom. The lowest BCUT2D eigenvalue weighted by molar-refractivity contribution is -0.120. The monoisotopic (exact) mass is 474 g/mol. The van der Waals surface area contributed by atoms with Crippen molar-refractivity contribution in [3.8, 4) is 5.75 Å². The Hall–Kier alpha value is -3.90. The fourth-order valence-corrected chi connectivity index (χ4v) is 3.87. The van der Waals surface area contributed by atoms with Gasteiger partial charge in [-0.25, -0.2) is 9.69 Å². The van der Waals surface area contributed by atoms with E-state index in [0.29, 0.717) is 22.7 Å². The topological polar surface area (TPSA) is 75.7 Å². The van der Waals surface area contributed by atoms with Crippen molar-refractivity contribution in [3.05, 3.63) is 100 Å². The van der Waals surface area contributed by atoms with Gasteiger partial charge in [-0.2, -0.15) is 0 Å². The maximum Gasteiger partial charge on any atom is 0.343 e. The molecule has 0 aliphatic carbocycles. The van der Waals surface area contributed by atoms with Gasteiger partial charge in [0, 0.05) is 5.69 Å². The minimum absolute atomic E-state index is 0.0191. The van der Waals surface area contributed by atoms with Crippen LogP contribution in [-0.4, -0.2) is 17.8 Å². The van der Waals surface area contributed by atoms with Crippen molar-refractivity contribution < 1.29 is 19.1 Å². The molecule has 1 heterocycles. The highest BCUT2D eigenvalue weighted by molar-refractivity contribution is 6.53. The molecule has 1 N–H and O–H groups in total. The van der Waals surface area contributed by atoms with Gasteiger partial charge in [0.2, 0.25) is 0 Å². The first-order chi connectivity index (χ1) is 16.3. The lowest BCUT2D eigenvalue weighted by Gasteiger charge is -2.15. The molecule has 7 heteroatoms. The molecule has 0 bridgehead atoms. The van der Waals surface area contributed by atoms with Crippen LogP contribution in [0.4, 0.5) is 11.4 Å². The van der Waals surface area contributed by atoms with E-state index in [9.17, 15) is 14.4 Å². The van der Waals surface area contributed by atoms with Gasteiger partial charge in [0.15, 0.2) is 0 Å². The van der Waals surface area contributed by atoms with Crippen molar-refractivity contribution in [3.63, 3.8) is 0 Å². The zero-order valence-corrected chi connectivity index (χ0v) is 19.7. The molecule has 172 valence electrons. The van der Waals surface area contributed by atoms with Gasteiger partial charge in [-0.3, -0.25) is 9.59 Å². The zero-order valence-electron chi connectivity index (χ0n) is 19.0. The van der Waals surface area contributed by atoms with Crippen molar-refractivity contribution >= 4 is 40.8 Å². The number of benzene rings is 3. The maximum absolute atomic E-state index is 12.9. The molecule has 0 fully saturated rings. The number of amides is 2. The third-order valence-corrected chi connectivity index (χ3v) is 5.77. The average molecular weight is 475 g/mol. The Morgan fingerprint density at radius 1 is 0.941 bits per heavy atom. The highest BCUT2D eigenvalue weighted by Gasteiger charge is 2.39. The molecule has 6 nitrogen and oxygen atoms in total. The zero-order chi connectivity index (χ0) is 24.4. The number of nitrogens with zero attached hydrogens (tertiary/aromatic N) is 1. The van der Waals surface area contributed by atoms with Gasteiger partial charge < -0.3 is 10.1 Å². The SMILES string of the molecule is Cc1cccc(N2C(=O)C(Cl)=C(Nc3ccc(C(=O)Oc4ccccc4C(C)C)cc3)C2=O)c1. The molecule has 3 aromatic rings. The van der Waals surface area contributed by atoms with Gasteiger partial charge in [0.05, 0.1) is 11.3 Å². The Bertz CT molecular complexity index is 1310. The largest absolute Gasteiger partial charge is 0.423 e. The lowest BCUT2D eigenvalue weighted by atomic mass is 10.0. The molecular formula is C27H23ClN2O4. The number of hydrogen-bond acceptors (Lipinski definition) is 5. The summed E-state index contributed by atoms with van der Waals surface area (Å²) in [5.74, 6) is -0.902. The number of imide groups is 1. The number of nitrogens with one attached hydrogen (secondary N) is 1. The van der Waals surface area contributed by atoms with Crippen LogP contribution in [0.3, 0.4) is 0 Å². The Balaban J connectivity index is 1.49. The molecule has 0 aromatic heterocycles. The molecule has 0 atom stereocenters.